The lowest BCUT2D eigenvalue weighted by molar-refractivity contribution is -0.146. The number of esters is 1. The lowest BCUT2D eigenvalue weighted by Gasteiger charge is -2.34. The number of carbonyl (C=O) groups excluding carboxylic acids is 1. The van der Waals surface area contributed by atoms with E-state index < -0.39 is 0 Å². The highest BCUT2D eigenvalue weighted by Gasteiger charge is 2.26. The summed E-state index contributed by atoms with van der Waals surface area (Å²) in [5, 5.41) is 0. The van der Waals surface area contributed by atoms with Crippen molar-refractivity contribution in [2.24, 2.45) is 11.7 Å². The molecule has 1 unspecified atom stereocenters. The van der Waals surface area contributed by atoms with Crippen molar-refractivity contribution in [1.29, 1.82) is 0 Å². The molecule has 1 rings (SSSR count). The van der Waals surface area contributed by atoms with Gasteiger partial charge in [0, 0.05) is 0 Å². The maximum absolute atomic E-state index is 11.3. The number of ether oxygens (including phenoxy) is 1. The standard InChI is InChI=1S/C11H22N2O2/c1-9(11(14)15-2)13-7-4-10(3-6-12)5-8-13/h9-10H,3-8,12H2,1-2H3. The summed E-state index contributed by atoms with van der Waals surface area (Å²) in [5.41, 5.74) is 5.54. The van der Waals surface area contributed by atoms with E-state index in [1.54, 1.807) is 0 Å². The molecule has 88 valence electrons. The normalized spacial score (nSPS) is 21.3. The Morgan fingerprint density at radius 3 is 2.60 bits per heavy atom. The van der Waals surface area contributed by atoms with Gasteiger partial charge in [-0.25, -0.2) is 0 Å². The van der Waals surface area contributed by atoms with E-state index >= 15 is 0 Å². The minimum absolute atomic E-state index is 0.103. The molecule has 15 heavy (non-hydrogen) atoms. The van der Waals surface area contributed by atoms with Gasteiger partial charge in [0.15, 0.2) is 0 Å². The van der Waals surface area contributed by atoms with Crippen molar-refractivity contribution in [2.75, 3.05) is 26.7 Å². The van der Waals surface area contributed by atoms with Gasteiger partial charge >= 0.3 is 5.97 Å². The molecular weight excluding hydrogens is 192 g/mol. The van der Waals surface area contributed by atoms with E-state index in [0.29, 0.717) is 0 Å². The van der Waals surface area contributed by atoms with Gasteiger partial charge in [0.05, 0.1) is 7.11 Å². The first-order valence-corrected chi connectivity index (χ1v) is 5.71. The minimum atomic E-state index is -0.132. The lowest BCUT2D eigenvalue weighted by Crippen LogP contribution is -2.44. The summed E-state index contributed by atoms with van der Waals surface area (Å²) < 4.78 is 4.74. The molecule has 1 heterocycles. The molecule has 0 aliphatic carbocycles. The van der Waals surface area contributed by atoms with Gasteiger partial charge in [-0.05, 0) is 51.7 Å². The van der Waals surface area contributed by atoms with E-state index in [4.69, 9.17) is 10.5 Å². The molecule has 0 aromatic heterocycles. The molecule has 1 aliphatic heterocycles. The quantitative estimate of drug-likeness (QED) is 0.697. The SMILES string of the molecule is COC(=O)C(C)N1CCC(CCN)CC1. The zero-order valence-corrected chi connectivity index (χ0v) is 9.74. The van der Waals surface area contributed by atoms with Crippen LogP contribution in [0.15, 0.2) is 0 Å². The summed E-state index contributed by atoms with van der Waals surface area (Å²) in [4.78, 5) is 13.5. The largest absolute Gasteiger partial charge is 0.468 e. The highest BCUT2D eigenvalue weighted by atomic mass is 16.5. The molecule has 0 aromatic rings. The smallest absolute Gasteiger partial charge is 0.322 e. The van der Waals surface area contributed by atoms with Gasteiger partial charge in [-0.3, -0.25) is 9.69 Å². The number of methoxy groups -OCH3 is 1. The minimum Gasteiger partial charge on any atom is -0.468 e. The summed E-state index contributed by atoms with van der Waals surface area (Å²) in [5.74, 6) is 0.614. The molecule has 0 spiro atoms. The second-order valence-electron chi connectivity index (χ2n) is 4.26. The molecule has 0 saturated carbocycles. The molecule has 1 fully saturated rings. The Bertz CT molecular complexity index is 201. The molecule has 1 saturated heterocycles. The van der Waals surface area contributed by atoms with Crippen LogP contribution in [0.4, 0.5) is 0 Å². The number of nitrogens with two attached hydrogens (primary N) is 1. The molecular formula is C11H22N2O2. The van der Waals surface area contributed by atoms with Gasteiger partial charge < -0.3 is 10.5 Å². The Morgan fingerprint density at radius 1 is 1.53 bits per heavy atom. The third-order valence-corrected chi connectivity index (χ3v) is 3.31. The Balaban J connectivity index is 2.33. The molecule has 4 heteroatoms. The summed E-state index contributed by atoms with van der Waals surface area (Å²) in [6, 6.07) is -0.103. The van der Waals surface area contributed by atoms with E-state index in [9.17, 15) is 4.79 Å². The second kappa shape index (κ2) is 6.08. The van der Waals surface area contributed by atoms with Crippen molar-refractivity contribution < 1.29 is 9.53 Å². The summed E-state index contributed by atoms with van der Waals surface area (Å²) in [6.45, 7) is 4.66. The van der Waals surface area contributed by atoms with Crippen molar-refractivity contribution in [1.82, 2.24) is 4.90 Å². The van der Waals surface area contributed by atoms with Crippen LogP contribution in [0.5, 0.6) is 0 Å². The number of carbonyl (C=O) groups is 1. The van der Waals surface area contributed by atoms with Gasteiger partial charge in [-0.2, -0.15) is 0 Å². The summed E-state index contributed by atoms with van der Waals surface area (Å²) in [6.07, 6.45) is 3.41. The Hall–Kier alpha value is -0.610. The van der Waals surface area contributed by atoms with Gasteiger partial charge in [0.25, 0.3) is 0 Å². The first-order chi connectivity index (χ1) is 7.19. The molecule has 0 bridgehead atoms. The summed E-state index contributed by atoms with van der Waals surface area (Å²) in [7, 11) is 1.44. The lowest BCUT2D eigenvalue weighted by atomic mass is 9.93. The van der Waals surface area contributed by atoms with E-state index in [1.807, 2.05) is 6.92 Å². The van der Waals surface area contributed by atoms with Crippen LogP contribution in [0.2, 0.25) is 0 Å². The van der Waals surface area contributed by atoms with Crippen molar-refractivity contribution in [3.05, 3.63) is 0 Å². The third-order valence-electron chi connectivity index (χ3n) is 3.31. The monoisotopic (exact) mass is 214 g/mol. The van der Waals surface area contributed by atoms with Crippen LogP contribution in [0, 0.1) is 5.92 Å². The van der Waals surface area contributed by atoms with Crippen LogP contribution < -0.4 is 5.73 Å². The highest BCUT2D eigenvalue weighted by molar-refractivity contribution is 5.75. The average Bonchev–Trinajstić information content (AvgIpc) is 2.28. The number of piperidine rings is 1. The van der Waals surface area contributed by atoms with Crippen molar-refractivity contribution in [3.63, 3.8) is 0 Å². The van der Waals surface area contributed by atoms with Crippen LogP contribution in [-0.2, 0) is 9.53 Å². The summed E-state index contributed by atoms with van der Waals surface area (Å²) >= 11 is 0. The maximum atomic E-state index is 11.3. The molecule has 0 radical (unpaired) electrons. The van der Waals surface area contributed by atoms with Crippen molar-refractivity contribution in [3.8, 4) is 0 Å². The van der Waals surface area contributed by atoms with E-state index in [-0.39, 0.29) is 12.0 Å². The Kier molecular flexibility index (Phi) is 5.05. The molecule has 0 amide bonds. The number of hydrogen-bond acceptors (Lipinski definition) is 4. The van der Waals surface area contributed by atoms with Gasteiger partial charge in [-0.15, -0.1) is 0 Å². The van der Waals surface area contributed by atoms with Gasteiger partial charge in [-0.1, -0.05) is 0 Å². The van der Waals surface area contributed by atoms with Gasteiger partial charge in [0.2, 0.25) is 0 Å². The van der Waals surface area contributed by atoms with Crippen molar-refractivity contribution in [2.45, 2.75) is 32.2 Å². The fraction of sp³-hybridized carbons (Fsp3) is 0.909. The Morgan fingerprint density at radius 2 is 2.13 bits per heavy atom. The third kappa shape index (κ3) is 3.47. The van der Waals surface area contributed by atoms with E-state index in [0.717, 1.165) is 44.8 Å². The zero-order chi connectivity index (χ0) is 11.3. The van der Waals surface area contributed by atoms with Crippen LogP contribution in [0.25, 0.3) is 0 Å². The number of hydrogen-bond donors (Lipinski definition) is 1. The van der Waals surface area contributed by atoms with Crippen LogP contribution in [-0.4, -0.2) is 43.7 Å². The predicted octanol–water partition coefficient (Wildman–Crippen LogP) is 0.609. The molecule has 2 N–H and O–H groups in total. The van der Waals surface area contributed by atoms with Gasteiger partial charge in [0.1, 0.15) is 6.04 Å². The first-order valence-electron chi connectivity index (χ1n) is 5.71. The molecule has 0 aromatic carbocycles. The second-order valence-corrected chi connectivity index (χ2v) is 4.26. The topological polar surface area (TPSA) is 55.6 Å². The molecule has 4 nitrogen and oxygen atoms in total. The maximum Gasteiger partial charge on any atom is 0.322 e. The predicted molar refractivity (Wildman–Crippen MR) is 59.4 cm³/mol. The molecule has 1 aliphatic rings. The zero-order valence-electron chi connectivity index (χ0n) is 9.74. The Labute approximate surface area is 91.8 Å². The number of nitrogens with zero attached hydrogens (tertiary/aromatic N) is 1. The highest BCUT2D eigenvalue weighted by Crippen LogP contribution is 2.21. The van der Waals surface area contributed by atoms with Crippen LogP contribution in [0.3, 0.4) is 0 Å². The van der Waals surface area contributed by atoms with Crippen LogP contribution in [0.1, 0.15) is 26.2 Å². The van der Waals surface area contributed by atoms with Crippen LogP contribution >= 0.6 is 0 Å². The fourth-order valence-electron chi connectivity index (χ4n) is 2.18. The average molecular weight is 214 g/mol. The van der Waals surface area contributed by atoms with E-state index in [1.165, 1.54) is 7.11 Å². The molecule has 1 atom stereocenters. The number of likely N-dealkylation sites (tertiary alicyclic amines) is 1. The first kappa shape index (κ1) is 12.5. The van der Waals surface area contributed by atoms with E-state index in [2.05, 4.69) is 4.90 Å². The van der Waals surface area contributed by atoms with Crippen molar-refractivity contribution >= 4 is 5.97 Å². The fourth-order valence-corrected chi connectivity index (χ4v) is 2.18. The number of rotatable bonds is 4.